The summed E-state index contributed by atoms with van der Waals surface area (Å²) >= 11 is 0. The zero-order valence-corrected chi connectivity index (χ0v) is 3.53. The van der Waals surface area contributed by atoms with Gasteiger partial charge < -0.3 is 5.73 Å². The Balaban J connectivity index is 3.26. The fourth-order valence-corrected chi connectivity index (χ4v) is 0. The molecular formula is C3H7FN2. The van der Waals surface area contributed by atoms with Gasteiger partial charge in [0.05, 0.1) is 0 Å². The fourth-order valence-electron chi connectivity index (χ4n) is 0. The Morgan fingerprint density at radius 1 is 2.00 bits per heavy atom. The molecule has 36 valence electrons. The minimum Gasteiger partial charge on any atom is -0.385 e. The van der Waals surface area contributed by atoms with Crippen molar-refractivity contribution < 1.29 is 4.39 Å². The van der Waals surface area contributed by atoms with Crippen molar-refractivity contribution >= 4 is 5.84 Å². The maximum absolute atomic E-state index is 11.5. The molecule has 0 saturated carbocycles. The molecule has 0 aliphatic carbocycles. The third-order valence-electron chi connectivity index (χ3n) is 0.429. The molecule has 0 aromatic heterocycles. The van der Waals surface area contributed by atoms with Crippen LogP contribution in [0.1, 0.15) is 6.92 Å². The van der Waals surface area contributed by atoms with E-state index >= 15 is 0 Å². The molecule has 0 aliphatic rings. The molecule has 0 bridgehead atoms. The lowest BCUT2D eigenvalue weighted by Crippen LogP contribution is -2.19. The summed E-state index contributed by atoms with van der Waals surface area (Å²) in [6, 6.07) is 0. The molecule has 0 aromatic rings. The van der Waals surface area contributed by atoms with Crippen LogP contribution in [0.15, 0.2) is 0 Å². The van der Waals surface area contributed by atoms with Crippen molar-refractivity contribution in [3.05, 3.63) is 0 Å². The van der Waals surface area contributed by atoms with Crippen molar-refractivity contribution in [3.63, 3.8) is 0 Å². The van der Waals surface area contributed by atoms with E-state index in [1.165, 1.54) is 6.92 Å². The number of hydrogen-bond donors (Lipinski definition) is 2. The molecular weight excluding hydrogens is 83.0 g/mol. The van der Waals surface area contributed by atoms with Gasteiger partial charge in [-0.3, -0.25) is 5.41 Å². The number of rotatable bonds is 1. The van der Waals surface area contributed by atoms with Gasteiger partial charge in [-0.15, -0.1) is 0 Å². The summed E-state index contributed by atoms with van der Waals surface area (Å²) in [6.07, 6.45) is -1.29. The van der Waals surface area contributed by atoms with Crippen molar-refractivity contribution in [1.82, 2.24) is 0 Å². The number of nitrogens with one attached hydrogen (secondary N) is 1. The maximum Gasteiger partial charge on any atom is 0.154 e. The highest BCUT2D eigenvalue weighted by molar-refractivity contribution is 5.80. The van der Waals surface area contributed by atoms with Crippen molar-refractivity contribution in [2.75, 3.05) is 0 Å². The van der Waals surface area contributed by atoms with Crippen molar-refractivity contribution in [2.45, 2.75) is 13.1 Å². The third-order valence-corrected chi connectivity index (χ3v) is 0.429. The Morgan fingerprint density at radius 2 is 2.17 bits per heavy atom. The second-order valence-electron chi connectivity index (χ2n) is 1.07. The Bertz CT molecular complexity index is 59.8. The topological polar surface area (TPSA) is 49.9 Å². The highest BCUT2D eigenvalue weighted by atomic mass is 19.1. The van der Waals surface area contributed by atoms with Gasteiger partial charge in [-0.2, -0.15) is 0 Å². The van der Waals surface area contributed by atoms with E-state index in [4.69, 9.17) is 5.41 Å². The number of nitrogens with two attached hydrogens (primary N) is 1. The zero-order chi connectivity index (χ0) is 5.15. The van der Waals surface area contributed by atoms with Crippen LogP contribution in [0, 0.1) is 5.41 Å². The normalized spacial score (nSPS) is 13.7. The van der Waals surface area contributed by atoms with Crippen LogP contribution in [0.5, 0.6) is 0 Å². The van der Waals surface area contributed by atoms with Crippen LogP contribution in [0.4, 0.5) is 4.39 Å². The summed E-state index contributed by atoms with van der Waals surface area (Å²) in [5.74, 6) is -0.407. The molecule has 0 heterocycles. The Morgan fingerprint density at radius 3 is 2.17 bits per heavy atom. The van der Waals surface area contributed by atoms with Gasteiger partial charge >= 0.3 is 0 Å². The summed E-state index contributed by atoms with van der Waals surface area (Å²) in [5.41, 5.74) is 4.64. The van der Waals surface area contributed by atoms with Crippen LogP contribution < -0.4 is 5.73 Å². The minimum atomic E-state index is -1.29. The molecule has 0 amide bonds. The molecule has 0 saturated heterocycles. The zero-order valence-electron chi connectivity index (χ0n) is 3.53. The van der Waals surface area contributed by atoms with Crippen LogP contribution in [0.3, 0.4) is 0 Å². The van der Waals surface area contributed by atoms with Crippen LogP contribution in [0.25, 0.3) is 0 Å². The smallest absolute Gasteiger partial charge is 0.154 e. The molecule has 3 heteroatoms. The maximum atomic E-state index is 11.5. The van der Waals surface area contributed by atoms with E-state index in [1.807, 2.05) is 0 Å². The molecule has 0 unspecified atom stereocenters. The molecule has 1 atom stereocenters. The number of hydrogen-bond acceptors (Lipinski definition) is 1. The predicted molar refractivity (Wildman–Crippen MR) is 22.5 cm³/mol. The summed E-state index contributed by atoms with van der Waals surface area (Å²) in [5, 5.41) is 6.35. The van der Waals surface area contributed by atoms with Crippen molar-refractivity contribution in [2.24, 2.45) is 5.73 Å². The van der Waals surface area contributed by atoms with E-state index in [9.17, 15) is 4.39 Å². The Labute approximate surface area is 35.7 Å². The fraction of sp³-hybridized carbons (Fsp3) is 0.667. The number of halogens is 1. The van der Waals surface area contributed by atoms with Gasteiger partial charge in [0.2, 0.25) is 0 Å². The standard InChI is InChI=1S/C3H7FN2/c1-2(4)3(5)6/h2H,1H3,(H3,5,6)/t2-/m1/s1. The average Bonchev–Trinajstić information content (AvgIpc) is 1.36. The van der Waals surface area contributed by atoms with Crippen molar-refractivity contribution in [3.8, 4) is 0 Å². The molecule has 3 N–H and O–H groups in total. The highest BCUT2D eigenvalue weighted by Crippen LogP contribution is 1.81. The second-order valence-corrected chi connectivity index (χ2v) is 1.07. The minimum absolute atomic E-state index is 0.407. The van der Waals surface area contributed by atoms with Gasteiger partial charge in [0, 0.05) is 0 Å². The van der Waals surface area contributed by atoms with Gasteiger partial charge in [-0.05, 0) is 6.92 Å². The molecule has 2 nitrogen and oxygen atoms in total. The van der Waals surface area contributed by atoms with Gasteiger partial charge in [0.1, 0.15) is 5.84 Å². The first-order chi connectivity index (χ1) is 2.64. The van der Waals surface area contributed by atoms with E-state index in [0.717, 1.165) is 0 Å². The molecule has 0 fully saturated rings. The van der Waals surface area contributed by atoms with Gasteiger partial charge in [-0.25, -0.2) is 4.39 Å². The largest absolute Gasteiger partial charge is 0.385 e. The predicted octanol–water partition coefficient (Wildman–Crippen LogP) is 0.280. The quantitative estimate of drug-likeness (QED) is 0.352. The van der Waals surface area contributed by atoms with Gasteiger partial charge in [-0.1, -0.05) is 0 Å². The van der Waals surface area contributed by atoms with E-state index < -0.39 is 12.0 Å². The molecule has 6 heavy (non-hydrogen) atoms. The Hall–Kier alpha value is -0.600. The second kappa shape index (κ2) is 1.74. The van der Waals surface area contributed by atoms with E-state index in [-0.39, 0.29) is 0 Å². The SMILES string of the molecule is C[C@@H](F)C(=N)N. The lowest BCUT2D eigenvalue weighted by atomic mass is 10.4. The Kier molecular flexibility index (Phi) is 1.57. The number of alkyl halides is 1. The van der Waals surface area contributed by atoms with Crippen LogP contribution in [0.2, 0.25) is 0 Å². The highest BCUT2D eigenvalue weighted by Gasteiger charge is 1.96. The molecule has 0 aromatic carbocycles. The first kappa shape index (κ1) is 5.40. The van der Waals surface area contributed by atoms with Crippen LogP contribution in [-0.2, 0) is 0 Å². The summed E-state index contributed by atoms with van der Waals surface area (Å²) in [6.45, 7) is 1.22. The molecule has 0 rings (SSSR count). The average molecular weight is 90.1 g/mol. The lowest BCUT2D eigenvalue weighted by Gasteiger charge is -1.91. The van der Waals surface area contributed by atoms with Crippen LogP contribution >= 0.6 is 0 Å². The van der Waals surface area contributed by atoms with Crippen molar-refractivity contribution in [1.29, 1.82) is 5.41 Å². The van der Waals surface area contributed by atoms with E-state index in [1.54, 1.807) is 0 Å². The summed E-state index contributed by atoms with van der Waals surface area (Å²) < 4.78 is 11.5. The molecule has 0 spiro atoms. The molecule has 0 radical (unpaired) electrons. The van der Waals surface area contributed by atoms with Gasteiger partial charge in [0.25, 0.3) is 0 Å². The monoisotopic (exact) mass is 90.1 g/mol. The summed E-state index contributed by atoms with van der Waals surface area (Å²) in [7, 11) is 0. The third kappa shape index (κ3) is 1.69. The first-order valence-electron chi connectivity index (χ1n) is 1.62. The molecule has 0 aliphatic heterocycles. The van der Waals surface area contributed by atoms with Crippen LogP contribution in [-0.4, -0.2) is 12.0 Å². The van der Waals surface area contributed by atoms with E-state index in [0.29, 0.717) is 0 Å². The number of amidine groups is 1. The lowest BCUT2D eigenvalue weighted by molar-refractivity contribution is 0.450. The van der Waals surface area contributed by atoms with E-state index in [2.05, 4.69) is 5.73 Å². The summed E-state index contributed by atoms with van der Waals surface area (Å²) in [4.78, 5) is 0. The van der Waals surface area contributed by atoms with Gasteiger partial charge in [0.15, 0.2) is 6.17 Å². The first-order valence-corrected chi connectivity index (χ1v) is 1.62.